The Bertz CT molecular complexity index is 1120. The summed E-state index contributed by atoms with van der Waals surface area (Å²) in [7, 11) is 1.42. The number of carbonyl (C=O) groups excluding carboxylic acids is 2. The number of nitrogens with zero attached hydrogens (tertiary/aromatic N) is 2. The fourth-order valence-corrected chi connectivity index (χ4v) is 3.98. The monoisotopic (exact) mass is 393 g/mol. The average molecular weight is 393 g/mol. The van der Waals surface area contributed by atoms with E-state index in [1.54, 1.807) is 6.92 Å². The van der Waals surface area contributed by atoms with Crippen LogP contribution in [0.1, 0.15) is 81.0 Å². The van der Waals surface area contributed by atoms with Crippen LogP contribution in [0.3, 0.4) is 0 Å². The van der Waals surface area contributed by atoms with Crippen LogP contribution < -0.4 is 10.3 Å². The number of nitriles is 1. The molecular formula is C22H23N3O4. The molecule has 0 radical (unpaired) electrons. The zero-order valence-corrected chi connectivity index (χ0v) is 17.1. The van der Waals surface area contributed by atoms with Crippen molar-refractivity contribution in [3.05, 3.63) is 55.1 Å². The Morgan fingerprint density at radius 1 is 1.00 bits per heavy atom. The van der Waals surface area contributed by atoms with E-state index in [1.807, 2.05) is 13.8 Å². The van der Waals surface area contributed by atoms with Crippen LogP contribution in [0.25, 0.3) is 0 Å². The van der Waals surface area contributed by atoms with Crippen molar-refractivity contribution in [2.45, 2.75) is 52.9 Å². The van der Waals surface area contributed by atoms with E-state index in [-0.39, 0.29) is 46.2 Å². The second-order valence-corrected chi connectivity index (χ2v) is 7.10. The van der Waals surface area contributed by atoms with Gasteiger partial charge in [0.1, 0.15) is 11.4 Å². The quantitative estimate of drug-likeness (QED) is 0.689. The zero-order valence-electron chi connectivity index (χ0n) is 17.1. The van der Waals surface area contributed by atoms with Crippen molar-refractivity contribution in [1.29, 1.82) is 5.26 Å². The minimum atomic E-state index is -0.497. The molecule has 0 saturated carbocycles. The maximum absolute atomic E-state index is 13.6. The molecule has 0 amide bonds. The van der Waals surface area contributed by atoms with Crippen LogP contribution >= 0.6 is 0 Å². The van der Waals surface area contributed by atoms with Gasteiger partial charge in [-0.1, -0.05) is 26.7 Å². The molecule has 1 aliphatic rings. The highest BCUT2D eigenvalue weighted by atomic mass is 16.5. The summed E-state index contributed by atoms with van der Waals surface area (Å²) in [6, 6.07) is 2.09. The van der Waals surface area contributed by atoms with Crippen molar-refractivity contribution in [3.8, 4) is 11.9 Å². The molecule has 2 aromatic rings. The SMILES string of the molecule is CCCc1c(CC#N)c(OC)nc2c1C(=O)c1c([nH]c(=O)c(C)c1CCC)C2=O. The molecule has 0 spiro atoms. The van der Waals surface area contributed by atoms with Crippen LogP contribution in [0.2, 0.25) is 0 Å². The van der Waals surface area contributed by atoms with Gasteiger partial charge in [0, 0.05) is 11.1 Å². The molecule has 150 valence electrons. The molecule has 3 rings (SSSR count). The third kappa shape index (κ3) is 3.15. The van der Waals surface area contributed by atoms with Crippen LogP contribution in [-0.4, -0.2) is 28.6 Å². The molecule has 0 saturated heterocycles. The lowest BCUT2D eigenvalue weighted by molar-refractivity contribution is 0.0968. The summed E-state index contributed by atoms with van der Waals surface area (Å²) < 4.78 is 5.33. The third-order valence-corrected chi connectivity index (χ3v) is 5.30. The van der Waals surface area contributed by atoms with Crippen molar-refractivity contribution < 1.29 is 14.3 Å². The van der Waals surface area contributed by atoms with E-state index in [4.69, 9.17) is 4.74 Å². The molecule has 7 nitrogen and oxygen atoms in total. The first kappa shape index (κ1) is 20.5. The molecule has 0 unspecified atom stereocenters. The molecule has 7 heteroatoms. The maximum Gasteiger partial charge on any atom is 0.251 e. The number of carbonyl (C=O) groups is 2. The standard InChI is InChI=1S/C22H23N3O4/c1-5-7-12-11(3)21(28)24-17-15(12)19(26)16-13(8-6-2)14(9-10-23)22(29-4)25-18(16)20(17)27/h5-9H2,1-4H3,(H,24,28). The maximum atomic E-state index is 13.6. The molecule has 0 aromatic carbocycles. The fourth-order valence-electron chi connectivity index (χ4n) is 3.98. The highest BCUT2D eigenvalue weighted by molar-refractivity contribution is 6.28. The van der Waals surface area contributed by atoms with Crippen LogP contribution in [0.5, 0.6) is 5.88 Å². The minimum absolute atomic E-state index is 0.00779. The number of aromatic nitrogens is 2. The van der Waals surface area contributed by atoms with Crippen molar-refractivity contribution in [2.75, 3.05) is 7.11 Å². The number of hydrogen-bond donors (Lipinski definition) is 1. The summed E-state index contributed by atoms with van der Waals surface area (Å²) in [6.45, 7) is 5.58. The van der Waals surface area contributed by atoms with E-state index in [1.165, 1.54) is 7.11 Å². The first-order valence-electron chi connectivity index (χ1n) is 9.72. The van der Waals surface area contributed by atoms with E-state index < -0.39 is 5.78 Å². The predicted octanol–water partition coefficient (Wildman–Crippen LogP) is 2.83. The molecule has 1 aliphatic carbocycles. The Kier molecular flexibility index (Phi) is 5.64. The molecule has 2 aromatic heterocycles. The summed E-state index contributed by atoms with van der Waals surface area (Å²) in [6.07, 6.45) is 2.51. The lowest BCUT2D eigenvalue weighted by Gasteiger charge is -2.24. The van der Waals surface area contributed by atoms with Gasteiger partial charge in [-0.2, -0.15) is 5.26 Å². The van der Waals surface area contributed by atoms with Gasteiger partial charge in [0.15, 0.2) is 5.78 Å². The van der Waals surface area contributed by atoms with Crippen molar-refractivity contribution in [1.82, 2.24) is 9.97 Å². The summed E-state index contributed by atoms with van der Waals surface area (Å²) in [4.78, 5) is 46.1. The van der Waals surface area contributed by atoms with Gasteiger partial charge in [-0.15, -0.1) is 0 Å². The summed E-state index contributed by atoms with van der Waals surface area (Å²) in [5.74, 6) is -0.653. The topological polar surface area (TPSA) is 113 Å². The zero-order chi connectivity index (χ0) is 21.3. The smallest absolute Gasteiger partial charge is 0.251 e. The molecule has 0 aliphatic heterocycles. The van der Waals surface area contributed by atoms with Crippen LogP contribution in [-0.2, 0) is 19.3 Å². The average Bonchev–Trinajstić information content (AvgIpc) is 2.70. The normalized spacial score (nSPS) is 12.4. The number of ketones is 2. The Morgan fingerprint density at radius 2 is 1.66 bits per heavy atom. The van der Waals surface area contributed by atoms with Crippen molar-refractivity contribution in [3.63, 3.8) is 0 Å². The number of rotatable bonds is 6. The fraction of sp³-hybridized carbons (Fsp3) is 0.409. The number of nitrogens with one attached hydrogen (secondary N) is 1. The van der Waals surface area contributed by atoms with Gasteiger partial charge in [0.2, 0.25) is 11.7 Å². The number of aromatic amines is 1. The second kappa shape index (κ2) is 8.00. The van der Waals surface area contributed by atoms with Gasteiger partial charge in [-0.05, 0) is 30.9 Å². The van der Waals surface area contributed by atoms with Crippen molar-refractivity contribution in [2.24, 2.45) is 0 Å². The number of methoxy groups -OCH3 is 1. The number of fused-ring (bicyclic) bond motifs is 2. The summed E-state index contributed by atoms with van der Waals surface area (Å²) in [5, 5.41) is 9.27. The highest BCUT2D eigenvalue weighted by Gasteiger charge is 2.38. The van der Waals surface area contributed by atoms with E-state index in [2.05, 4.69) is 16.0 Å². The Morgan fingerprint density at radius 3 is 2.24 bits per heavy atom. The molecule has 1 N–H and O–H groups in total. The van der Waals surface area contributed by atoms with E-state index in [9.17, 15) is 19.6 Å². The Balaban J connectivity index is 2.42. The van der Waals surface area contributed by atoms with Crippen LogP contribution in [0.4, 0.5) is 0 Å². The first-order valence-corrected chi connectivity index (χ1v) is 9.72. The van der Waals surface area contributed by atoms with Crippen LogP contribution in [0.15, 0.2) is 4.79 Å². The van der Waals surface area contributed by atoms with Gasteiger partial charge < -0.3 is 9.72 Å². The van der Waals surface area contributed by atoms with E-state index in [0.29, 0.717) is 35.1 Å². The van der Waals surface area contributed by atoms with Gasteiger partial charge in [0.25, 0.3) is 5.56 Å². The molecule has 0 fully saturated rings. The highest BCUT2D eigenvalue weighted by Crippen LogP contribution is 2.35. The molecule has 0 atom stereocenters. The lowest BCUT2D eigenvalue weighted by atomic mass is 9.81. The Labute approximate surface area is 168 Å². The van der Waals surface area contributed by atoms with Gasteiger partial charge in [0.05, 0.1) is 30.7 Å². The third-order valence-electron chi connectivity index (χ3n) is 5.30. The van der Waals surface area contributed by atoms with E-state index in [0.717, 1.165) is 12.8 Å². The van der Waals surface area contributed by atoms with Crippen molar-refractivity contribution >= 4 is 11.6 Å². The summed E-state index contributed by atoms with van der Waals surface area (Å²) in [5.41, 5.74) is 2.32. The van der Waals surface area contributed by atoms with Gasteiger partial charge >= 0.3 is 0 Å². The number of hydrogen-bond acceptors (Lipinski definition) is 6. The number of ether oxygens (including phenoxy) is 1. The second-order valence-electron chi connectivity index (χ2n) is 7.10. The number of pyridine rings is 2. The minimum Gasteiger partial charge on any atom is -0.481 e. The molecule has 0 bridgehead atoms. The lowest BCUT2D eigenvalue weighted by Crippen LogP contribution is -2.32. The van der Waals surface area contributed by atoms with Crippen LogP contribution in [0, 0.1) is 18.3 Å². The first-order chi connectivity index (χ1) is 13.9. The van der Waals surface area contributed by atoms with Gasteiger partial charge in [-0.3, -0.25) is 14.4 Å². The molecular weight excluding hydrogens is 370 g/mol. The molecule has 2 heterocycles. The summed E-state index contributed by atoms with van der Waals surface area (Å²) >= 11 is 0. The Hall–Kier alpha value is -3.27. The molecule has 29 heavy (non-hydrogen) atoms. The van der Waals surface area contributed by atoms with E-state index >= 15 is 0 Å². The predicted molar refractivity (Wildman–Crippen MR) is 107 cm³/mol. The number of H-pyrrole nitrogens is 1. The largest absolute Gasteiger partial charge is 0.481 e. The van der Waals surface area contributed by atoms with Gasteiger partial charge in [-0.25, -0.2) is 4.98 Å².